The second-order valence-electron chi connectivity index (χ2n) is 4.33. The fourth-order valence-corrected chi connectivity index (χ4v) is 2.15. The number of nitrogens with one attached hydrogen (secondary N) is 1. The maximum absolute atomic E-state index is 5.22. The molecule has 0 spiro atoms. The molecule has 90 valence electrons. The number of fused-ring (bicyclic) bond motifs is 1. The lowest BCUT2D eigenvalue weighted by Crippen LogP contribution is -2.39. The molecule has 17 heavy (non-hydrogen) atoms. The quantitative estimate of drug-likeness (QED) is 0.884. The van der Waals surface area contributed by atoms with Gasteiger partial charge in [-0.1, -0.05) is 24.3 Å². The summed E-state index contributed by atoms with van der Waals surface area (Å²) in [4.78, 5) is 0. The van der Waals surface area contributed by atoms with Crippen molar-refractivity contribution in [3.05, 3.63) is 42.0 Å². The molecule has 2 nitrogen and oxygen atoms in total. The maximum atomic E-state index is 5.22. The Balaban J connectivity index is 0.00000108. The zero-order chi connectivity index (χ0) is 11.0. The van der Waals surface area contributed by atoms with E-state index in [0.717, 1.165) is 18.8 Å². The molecule has 0 aliphatic carbocycles. The van der Waals surface area contributed by atoms with Gasteiger partial charge in [0.2, 0.25) is 0 Å². The van der Waals surface area contributed by atoms with Gasteiger partial charge in [0.15, 0.2) is 0 Å². The van der Waals surface area contributed by atoms with Crippen molar-refractivity contribution in [2.45, 2.75) is 5.92 Å². The van der Waals surface area contributed by atoms with Gasteiger partial charge in [0.05, 0.1) is 7.11 Å². The summed E-state index contributed by atoms with van der Waals surface area (Å²) in [6, 6.07) is 12.9. The second kappa shape index (κ2) is 4.94. The van der Waals surface area contributed by atoms with Gasteiger partial charge in [0.25, 0.3) is 0 Å². The molecular formula is C14H16ClNO. The fraction of sp³-hybridized carbons (Fsp3) is 0.286. The Morgan fingerprint density at radius 2 is 1.76 bits per heavy atom. The van der Waals surface area contributed by atoms with Gasteiger partial charge in [-0.2, -0.15) is 0 Å². The van der Waals surface area contributed by atoms with E-state index in [0.29, 0.717) is 5.92 Å². The minimum Gasteiger partial charge on any atom is -0.497 e. The van der Waals surface area contributed by atoms with Crippen molar-refractivity contribution in [1.29, 1.82) is 0 Å². The highest BCUT2D eigenvalue weighted by Crippen LogP contribution is 2.26. The summed E-state index contributed by atoms with van der Waals surface area (Å²) in [6.07, 6.45) is 0. The maximum Gasteiger partial charge on any atom is 0.119 e. The van der Waals surface area contributed by atoms with Crippen molar-refractivity contribution in [2.75, 3.05) is 20.2 Å². The van der Waals surface area contributed by atoms with Crippen LogP contribution in [0.1, 0.15) is 11.5 Å². The van der Waals surface area contributed by atoms with Crippen LogP contribution in [0.5, 0.6) is 5.75 Å². The lowest BCUT2D eigenvalue weighted by Gasteiger charge is -2.27. The molecule has 1 N–H and O–H groups in total. The first-order valence-corrected chi connectivity index (χ1v) is 5.65. The molecule has 0 atom stereocenters. The van der Waals surface area contributed by atoms with Crippen molar-refractivity contribution in [3.63, 3.8) is 0 Å². The van der Waals surface area contributed by atoms with E-state index in [1.54, 1.807) is 7.11 Å². The van der Waals surface area contributed by atoms with Crippen LogP contribution in [0.2, 0.25) is 0 Å². The minimum absolute atomic E-state index is 0. The standard InChI is InChI=1S/C14H15NO.ClH/c1-16-14-5-4-10-6-11(13-8-15-9-13)2-3-12(10)7-14;/h2-7,13,15H,8-9H2,1H3;1H. The first-order chi connectivity index (χ1) is 7.86. The largest absolute Gasteiger partial charge is 0.497 e. The highest BCUT2D eigenvalue weighted by atomic mass is 35.5. The summed E-state index contributed by atoms with van der Waals surface area (Å²) in [7, 11) is 1.70. The molecule has 0 bridgehead atoms. The Bertz CT molecular complexity index is 523. The SMILES string of the molecule is COc1ccc2cc(C3CNC3)ccc2c1.Cl. The van der Waals surface area contributed by atoms with Crippen LogP contribution in [-0.4, -0.2) is 20.2 Å². The highest BCUT2D eigenvalue weighted by molar-refractivity contribution is 5.85. The summed E-state index contributed by atoms with van der Waals surface area (Å²) in [5.41, 5.74) is 1.44. The van der Waals surface area contributed by atoms with Crippen molar-refractivity contribution in [2.24, 2.45) is 0 Å². The average Bonchev–Trinajstić information content (AvgIpc) is 2.26. The lowest BCUT2D eigenvalue weighted by atomic mass is 9.92. The Morgan fingerprint density at radius 3 is 2.41 bits per heavy atom. The van der Waals surface area contributed by atoms with Gasteiger partial charge in [-0.05, 0) is 28.5 Å². The Morgan fingerprint density at radius 1 is 1.06 bits per heavy atom. The molecule has 1 heterocycles. The van der Waals surface area contributed by atoms with Gasteiger partial charge < -0.3 is 10.1 Å². The third-order valence-corrected chi connectivity index (χ3v) is 3.32. The van der Waals surface area contributed by atoms with Gasteiger partial charge in [0, 0.05) is 19.0 Å². The topological polar surface area (TPSA) is 21.3 Å². The van der Waals surface area contributed by atoms with Crippen LogP contribution < -0.4 is 10.1 Å². The van der Waals surface area contributed by atoms with E-state index < -0.39 is 0 Å². The van der Waals surface area contributed by atoms with Crippen LogP contribution in [0, 0.1) is 0 Å². The Labute approximate surface area is 107 Å². The van der Waals surface area contributed by atoms with E-state index in [4.69, 9.17) is 4.74 Å². The van der Waals surface area contributed by atoms with E-state index in [1.165, 1.54) is 16.3 Å². The van der Waals surface area contributed by atoms with Crippen LogP contribution >= 0.6 is 12.4 Å². The molecule has 0 aromatic heterocycles. The van der Waals surface area contributed by atoms with E-state index in [-0.39, 0.29) is 12.4 Å². The molecule has 1 fully saturated rings. The van der Waals surface area contributed by atoms with E-state index in [9.17, 15) is 0 Å². The number of halogens is 1. The van der Waals surface area contributed by atoms with Crippen LogP contribution in [0.25, 0.3) is 10.8 Å². The van der Waals surface area contributed by atoms with Crippen molar-refractivity contribution in [1.82, 2.24) is 5.32 Å². The first kappa shape index (κ1) is 12.2. The molecule has 3 heteroatoms. The molecule has 2 aromatic carbocycles. The van der Waals surface area contributed by atoms with E-state index in [2.05, 4.69) is 35.6 Å². The van der Waals surface area contributed by atoms with Crippen LogP contribution in [0.15, 0.2) is 36.4 Å². The van der Waals surface area contributed by atoms with Crippen LogP contribution in [0.4, 0.5) is 0 Å². The van der Waals surface area contributed by atoms with Crippen molar-refractivity contribution >= 4 is 23.2 Å². The predicted octanol–water partition coefficient (Wildman–Crippen LogP) is 2.96. The molecule has 2 aromatic rings. The minimum atomic E-state index is 0. The summed E-state index contributed by atoms with van der Waals surface area (Å²) in [5.74, 6) is 1.62. The molecule has 0 saturated carbocycles. The van der Waals surface area contributed by atoms with Crippen LogP contribution in [-0.2, 0) is 0 Å². The summed E-state index contributed by atoms with van der Waals surface area (Å²) in [6.45, 7) is 2.23. The monoisotopic (exact) mass is 249 g/mol. The van der Waals surface area contributed by atoms with E-state index in [1.807, 2.05) is 6.07 Å². The zero-order valence-corrected chi connectivity index (χ0v) is 10.6. The average molecular weight is 250 g/mol. The molecule has 0 amide bonds. The van der Waals surface area contributed by atoms with Gasteiger partial charge in [-0.3, -0.25) is 0 Å². The van der Waals surface area contributed by atoms with Crippen LogP contribution in [0.3, 0.4) is 0 Å². The van der Waals surface area contributed by atoms with E-state index >= 15 is 0 Å². The number of hydrogen-bond donors (Lipinski definition) is 1. The molecule has 0 radical (unpaired) electrons. The number of benzene rings is 2. The predicted molar refractivity (Wildman–Crippen MR) is 73.4 cm³/mol. The van der Waals surface area contributed by atoms with Gasteiger partial charge in [-0.15, -0.1) is 12.4 Å². The lowest BCUT2D eigenvalue weighted by molar-refractivity contribution is 0.415. The first-order valence-electron chi connectivity index (χ1n) is 5.65. The number of rotatable bonds is 2. The van der Waals surface area contributed by atoms with Crippen molar-refractivity contribution < 1.29 is 4.74 Å². The summed E-state index contributed by atoms with van der Waals surface area (Å²) >= 11 is 0. The summed E-state index contributed by atoms with van der Waals surface area (Å²) < 4.78 is 5.22. The fourth-order valence-electron chi connectivity index (χ4n) is 2.15. The molecule has 1 aliphatic rings. The smallest absolute Gasteiger partial charge is 0.119 e. The number of methoxy groups -OCH3 is 1. The highest BCUT2D eigenvalue weighted by Gasteiger charge is 2.18. The second-order valence-corrected chi connectivity index (χ2v) is 4.33. The van der Waals surface area contributed by atoms with Gasteiger partial charge in [0.1, 0.15) is 5.75 Å². The Hall–Kier alpha value is -1.25. The summed E-state index contributed by atoms with van der Waals surface area (Å²) in [5, 5.41) is 5.85. The molecule has 1 aliphatic heterocycles. The normalized spacial score (nSPS) is 15.1. The molecule has 3 rings (SSSR count). The third-order valence-electron chi connectivity index (χ3n) is 3.32. The molecule has 0 unspecified atom stereocenters. The van der Waals surface area contributed by atoms with Gasteiger partial charge >= 0.3 is 0 Å². The number of hydrogen-bond acceptors (Lipinski definition) is 2. The van der Waals surface area contributed by atoms with Crippen molar-refractivity contribution in [3.8, 4) is 5.75 Å². The zero-order valence-electron chi connectivity index (χ0n) is 9.77. The molecular weight excluding hydrogens is 234 g/mol. The number of ether oxygens (including phenoxy) is 1. The third kappa shape index (κ3) is 2.24. The van der Waals surface area contributed by atoms with Gasteiger partial charge in [-0.25, -0.2) is 0 Å². The molecule has 1 saturated heterocycles. The Kier molecular flexibility index (Phi) is 3.55.